The highest BCUT2D eigenvalue weighted by atomic mass is 79.9. The normalized spacial score (nSPS) is 19.1. The molecule has 1 amide bonds. The first-order chi connectivity index (χ1) is 15.5. The predicted octanol–water partition coefficient (Wildman–Crippen LogP) is 6.64. The Hall–Kier alpha value is -2.68. The van der Waals surface area contributed by atoms with Gasteiger partial charge in [0, 0.05) is 22.5 Å². The molecule has 32 heavy (non-hydrogen) atoms. The molecule has 0 atom stereocenters. The fourth-order valence-corrected chi connectivity index (χ4v) is 6.05. The minimum absolute atomic E-state index is 0.0776. The molecular weight excluding hydrogens is 506 g/mol. The lowest BCUT2D eigenvalue weighted by Gasteiger charge is -2.17. The second-order valence-corrected chi connectivity index (χ2v) is 10.0. The molecule has 0 aliphatic carbocycles. The molecule has 0 spiro atoms. The van der Waals surface area contributed by atoms with Crippen LogP contribution in [-0.2, 0) is 4.79 Å². The standard InChI is InChI=1S/C24H18BrN3O2S2/c1-27-19-14-18(30-2)12-13-20(19)31-23(27)21-22(29)28(17-6-4-3-5-7-17)24(32-21)26-16-10-8-15(25)9-11-16/h3-14H,1-2H3. The summed E-state index contributed by atoms with van der Waals surface area (Å²) in [5.41, 5.74) is 2.60. The molecule has 2 aliphatic rings. The van der Waals surface area contributed by atoms with Gasteiger partial charge >= 0.3 is 0 Å². The Morgan fingerprint density at radius 2 is 1.72 bits per heavy atom. The lowest BCUT2D eigenvalue weighted by atomic mass is 10.2. The second-order valence-electron chi connectivity index (χ2n) is 7.08. The van der Waals surface area contributed by atoms with Crippen molar-refractivity contribution in [3.63, 3.8) is 0 Å². The van der Waals surface area contributed by atoms with E-state index in [0.717, 1.165) is 37.2 Å². The van der Waals surface area contributed by atoms with Crippen molar-refractivity contribution in [2.24, 2.45) is 4.99 Å². The fourth-order valence-electron chi connectivity index (χ4n) is 3.46. The van der Waals surface area contributed by atoms with Gasteiger partial charge in [0.2, 0.25) is 0 Å². The summed E-state index contributed by atoms with van der Waals surface area (Å²) in [6.45, 7) is 0. The van der Waals surface area contributed by atoms with Crippen LogP contribution in [0.5, 0.6) is 5.75 Å². The molecule has 0 aromatic heterocycles. The molecule has 0 bridgehead atoms. The number of methoxy groups -OCH3 is 1. The first-order valence-electron chi connectivity index (χ1n) is 9.80. The minimum Gasteiger partial charge on any atom is -0.497 e. The van der Waals surface area contributed by atoms with E-state index >= 15 is 0 Å². The van der Waals surface area contributed by atoms with E-state index in [-0.39, 0.29) is 5.91 Å². The van der Waals surface area contributed by atoms with E-state index in [1.165, 1.54) is 11.8 Å². The van der Waals surface area contributed by atoms with E-state index in [4.69, 9.17) is 9.73 Å². The molecule has 0 radical (unpaired) electrons. The number of benzene rings is 3. The van der Waals surface area contributed by atoms with Crippen molar-refractivity contribution in [3.05, 3.63) is 87.2 Å². The van der Waals surface area contributed by atoms with Gasteiger partial charge in [0.15, 0.2) is 5.17 Å². The SMILES string of the molecule is COc1ccc2c(c1)N(C)C(=C1SC(=Nc3ccc(Br)cc3)N(c3ccccc3)C1=O)S2. The zero-order chi connectivity index (χ0) is 22.2. The van der Waals surface area contributed by atoms with Crippen molar-refractivity contribution < 1.29 is 9.53 Å². The molecule has 2 aliphatic heterocycles. The minimum atomic E-state index is -0.0776. The summed E-state index contributed by atoms with van der Waals surface area (Å²) >= 11 is 6.45. The van der Waals surface area contributed by atoms with Crippen LogP contribution >= 0.6 is 39.5 Å². The summed E-state index contributed by atoms with van der Waals surface area (Å²) in [5.74, 6) is 0.711. The summed E-state index contributed by atoms with van der Waals surface area (Å²) in [5, 5.41) is 1.53. The summed E-state index contributed by atoms with van der Waals surface area (Å²) < 4.78 is 6.36. The van der Waals surface area contributed by atoms with Crippen LogP contribution in [0.2, 0.25) is 0 Å². The highest BCUT2D eigenvalue weighted by molar-refractivity contribution is 9.10. The van der Waals surface area contributed by atoms with Gasteiger partial charge < -0.3 is 9.64 Å². The molecule has 1 fully saturated rings. The largest absolute Gasteiger partial charge is 0.497 e. The van der Waals surface area contributed by atoms with Crippen LogP contribution in [0.1, 0.15) is 0 Å². The van der Waals surface area contributed by atoms with Crippen LogP contribution in [0.15, 0.2) is 97.1 Å². The van der Waals surface area contributed by atoms with Crippen molar-refractivity contribution in [1.29, 1.82) is 0 Å². The number of fused-ring (bicyclic) bond motifs is 1. The van der Waals surface area contributed by atoms with Gasteiger partial charge in [-0.3, -0.25) is 9.69 Å². The van der Waals surface area contributed by atoms with Gasteiger partial charge in [0.1, 0.15) is 10.7 Å². The zero-order valence-electron chi connectivity index (χ0n) is 17.3. The maximum absolute atomic E-state index is 13.7. The number of para-hydroxylation sites is 1. The molecular formula is C24H18BrN3O2S2. The average Bonchev–Trinajstić information content (AvgIpc) is 3.31. The van der Waals surface area contributed by atoms with Gasteiger partial charge in [0.05, 0.1) is 29.2 Å². The maximum Gasteiger partial charge on any atom is 0.274 e. The monoisotopic (exact) mass is 523 g/mol. The van der Waals surface area contributed by atoms with Crippen molar-refractivity contribution in [2.75, 3.05) is 24.0 Å². The number of anilines is 2. The third-order valence-electron chi connectivity index (χ3n) is 5.08. The molecule has 160 valence electrons. The number of amidine groups is 1. The van der Waals surface area contributed by atoms with Crippen LogP contribution in [0.4, 0.5) is 17.1 Å². The number of amides is 1. The number of halogens is 1. The Morgan fingerprint density at radius 3 is 2.44 bits per heavy atom. The van der Waals surface area contributed by atoms with E-state index < -0.39 is 0 Å². The van der Waals surface area contributed by atoms with E-state index in [9.17, 15) is 4.79 Å². The summed E-state index contributed by atoms with van der Waals surface area (Å²) in [6.07, 6.45) is 0. The van der Waals surface area contributed by atoms with Gasteiger partial charge in [-0.1, -0.05) is 45.9 Å². The molecule has 0 N–H and O–H groups in total. The number of hydrogen-bond acceptors (Lipinski definition) is 6. The molecule has 3 aromatic rings. The molecule has 3 aromatic carbocycles. The van der Waals surface area contributed by atoms with Crippen molar-refractivity contribution in [2.45, 2.75) is 4.90 Å². The van der Waals surface area contributed by atoms with Crippen molar-refractivity contribution >= 4 is 67.6 Å². The van der Waals surface area contributed by atoms with Gasteiger partial charge in [-0.15, -0.1) is 0 Å². The molecule has 2 heterocycles. The van der Waals surface area contributed by atoms with Crippen LogP contribution in [-0.4, -0.2) is 25.2 Å². The lowest BCUT2D eigenvalue weighted by molar-refractivity contribution is -0.113. The molecule has 5 nitrogen and oxygen atoms in total. The Morgan fingerprint density at radius 1 is 0.969 bits per heavy atom. The number of rotatable bonds is 3. The zero-order valence-corrected chi connectivity index (χ0v) is 20.5. The van der Waals surface area contributed by atoms with Crippen molar-refractivity contribution in [3.8, 4) is 5.75 Å². The quantitative estimate of drug-likeness (QED) is 0.360. The van der Waals surface area contributed by atoms with Crippen LogP contribution in [0.3, 0.4) is 0 Å². The van der Waals surface area contributed by atoms with Crippen LogP contribution in [0, 0.1) is 0 Å². The number of ether oxygens (including phenoxy) is 1. The first kappa shape index (κ1) is 21.2. The maximum atomic E-state index is 13.7. The second kappa shape index (κ2) is 8.69. The predicted molar refractivity (Wildman–Crippen MR) is 137 cm³/mol. The Kier molecular flexibility index (Phi) is 5.75. The number of carbonyl (C=O) groups is 1. The summed E-state index contributed by atoms with van der Waals surface area (Å²) in [6, 6.07) is 23.3. The third-order valence-corrected chi connectivity index (χ3v) is 8.00. The van der Waals surface area contributed by atoms with E-state index in [0.29, 0.717) is 10.1 Å². The van der Waals surface area contributed by atoms with Gasteiger partial charge in [0.25, 0.3) is 5.91 Å². The molecule has 0 saturated carbocycles. The van der Waals surface area contributed by atoms with Gasteiger partial charge in [-0.2, -0.15) is 0 Å². The van der Waals surface area contributed by atoms with Gasteiger partial charge in [-0.05, 0) is 60.3 Å². The molecule has 1 saturated heterocycles. The van der Waals surface area contributed by atoms with Crippen molar-refractivity contribution in [1.82, 2.24) is 0 Å². The van der Waals surface area contributed by atoms with E-state index in [1.54, 1.807) is 23.8 Å². The average molecular weight is 524 g/mol. The Balaban J connectivity index is 1.59. The van der Waals surface area contributed by atoms with Crippen LogP contribution < -0.4 is 14.5 Å². The number of nitrogens with zero attached hydrogens (tertiary/aromatic N) is 3. The number of aliphatic imine (C=N–C) groups is 1. The molecule has 0 unspecified atom stereocenters. The molecule has 8 heteroatoms. The highest BCUT2D eigenvalue weighted by Gasteiger charge is 2.40. The first-order valence-corrected chi connectivity index (χ1v) is 12.2. The number of hydrogen-bond donors (Lipinski definition) is 0. The topological polar surface area (TPSA) is 45.1 Å². The number of carbonyl (C=O) groups excluding carboxylic acids is 1. The third kappa shape index (κ3) is 3.83. The van der Waals surface area contributed by atoms with E-state index in [1.807, 2.05) is 79.8 Å². The van der Waals surface area contributed by atoms with E-state index in [2.05, 4.69) is 20.8 Å². The number of thioether (sulfide) groups is 2. The highest BCUT2D eigenvalue weighted by Crippen LogP contribution is 2.51. The van der Waals surface area contributed by atoms with Crippen LogP contribution in [0.25, 0.3) is 0 Å². The Bertz CT molecular complexity index is 1260. The smallest absolute Gasteiger partial charge is 0.274 e. The van der Waals surface area contributed by atoms with Gasteiger partial charge in [-0.25, -0.2) is 4.99 Å². The summed E-state index contributed by atoms with van der Waals surface area (Å²) in [7, 11) is 3.63. The molecule has 5 rings (SSSR count). The lowest BCUT2D eigenvalue weighted by Crippen LogP contribution is -2.29. The Labute approximate surface area is 203 Å². The summed E-state index contributed by atoms with van der Waals surface area (Å²) in [4.78, 5) is 24.0. The fraction of sp³-hybridized carbons (Fsp3) is 0.0833.